The van der Waals surface area contributed by atoms with Gasteiger partial charge in [0.1, 0.15) is 11.9 Å². The number of aromatic nitrogens is 2. The number of rotatable bonds is 8. The zero-order valence-corrected chi connectivity index (χ0v) is 13.6. The number of carboxylic acids is 1. The van der Waals surface area contributed by atoms with E-state index in [0.717, 1.165) is 24.2 Å². The van der Waals surface area contributed by atoms with Gasteiger partial charge >= 0.3 is 5.97 Å². The predicted molar refractivity (Wildman–Crippen MR) is 89.0 cm³/mol. The first kappa shape index (κ1) is 17.1. The molecule has 0 bridgehead atoms. The Balaban J connectivity index is 1.85. The molecular weight excluding hydrogens is 290 g/mol. The molecule has 5 nitrogen and oxygen atoms in total. The molecule has 23 heavy (non-hydrogen) atoms. The molecule has 1 atom stereocenters. The van der Waals surface area contributed by atoms with Crippen molar-refractivity contribution in [2.24, 2.45) is 5.92 Å². The summed E-state index contributed by atoms with van der Waals surface area (Å²) in [6, 6.07) is 9.68. The minimum Gasteiger partial charge on any atom is -0.480 e. The Morgan fingerprint density at radius 2 is 1.74 bits per heavy atom. The summed E-state index contributed by atoms with van der Waals surface area (Å²) in [6.07, 6.45) is 5.23. The number of hydrogen-bond donors (Lipinski definition) is 2. The second-order valence-corrected chi connectivity index (χ2v) is 5.93. The molecule has 0 spiro atoms. The van der Waals surface area contributed by atoms with Crippen molar-refractivity contribution in [3.63, 3.8) is 0 Å². The van der Waals surface area contributed by atoms with Crippen LogP contribution in [0.25, 0.3) is 0 Å². The van der Waals surface area contributed by atoms with Crippen LogP contribution in [-0.4, -0.2) is 27.1 Å². The Bertz CT molecular complexity index is 612. The topological polar surface area (TPSA) is 75.1 Å². The quantitative estimate of drug-likeness (QED) is 0.783. The molecule has 2 rings (SSSR count). The van der Waals surface area contributed by atoms with Crippen molar-refractivity contribution in [3.8, 4) is 0 Å². The zero-order chi connectivity index (χ0) is 16.7. The fraction of sp³-hybridized carbons (Fsp3) is 0.389. The van der Waals surface area contributed by atoms with Crippen molar-refractivity contribution in [1.29, 1.82) is 0 Å². The number of benzene rings is 1. The van der Waals surface area contributed by atoms with Gasteiger partial charge in [0.15, 0.2) is 0 Å². The van der Waals surface area contributed by atoms with Crippen LogP contribution < -0.4 is 5.32 Å². The third-order valence-corrected chi connectivity index (χ3v) is 3.70. The second kappa shape index (κ2) is 8.39. The Morgan fingerprint density at radius 1 is 1.09 bits per heavy atom. The molecule has 2 aromatic rings. The Hall–Kier alpha value is -2.27. The molecule has 0 radical (unpaired) electrons. The van der Waals surface area contributed by atoms with Crippen LogP contribution in [-0.2, 0) is 24.2 Å². The maximum atomic E-state index is 11.1. The van der Waals surface area contributed by atoms with Crippen LogP contribution >= 0.6 is 0 Å². The smallest absolute Gasteiger partial charge is 0.320 e. The number of carbonyl (C=O) groups is 1. The van der Waals surface area contributed by atoms with Crippen molar-refractivity contribution in [2.75, 3.05) is 0 Å². The molecule has 122 valence electrons. The van der Waals surface area contributed by atoms with Gasteiger partial charge in [-0.15, -0.1) is 0 Å². The van der Waals surface area contributed by atoms with Gasteiger partial charge in [-0.2, -0.15) is 0 Å². The minimum atomic E-state index is -0.833. The molecule has 0 aliphatic heterocycles. The van der Waals surface area contributed by atoms with Crippen LogP contribution in [0.15, 0.2) is 42.7 Å². The van der Waals surface area contributed by atoms with Gasteiger partial charge in [0, 0.05) is 30.9 Å². The molecule has 5 heteroatoms. The van der Waals surface area contributed by atoms with Crippen molar-refractivity contribution in [3.05, 3.63) is 59.7 Å². The standard InChI is InChI=1S/C18H23N3O2/c1-13(2)17(18(22)23)21-12-15-10-19-16(20-11-15)9-8-14-6-4-3-5-7-14/h3-7,10-11,13,17,21H,8-9,12H2,1-2H3,(H,22,23). The number of aryl methyl sites for hydroxylation is 2. The SMILES string of the molecule is CC(C)C(NCc1cnc(CCc2ccccc2)nc1)C(=O)O. The van der Waals surface area contributed by atoms with Crippen LogP contribution in [0.3, 0.4) is 0 Å². The molecule has 0 saturated carbocycles. The predicted octanol–water partition coefficient (Wildman–Crippen LogP) is 2.46. The summed E-state index contributed by atoms with van der Waals surface area (Å²) in [6.45, 7) is 4.22. The summed E-state index contributed by atoms with van der Waals surface area (Å²) in [5.41, 5.74) is 2.16. The third kappa shape index (κ3) is 5.45. The Kier molecular flexibility index (Phi) is 6.23. The summed E-state index contributed by atoms with van der Waals surface area (Å²) < 4.78 is 0. The highest BCUT2D eigenvalue weighted by Crippen LogP contribution is 2.06. The summed E-state index contributed by atoms with van der Waals surface area (Å²) >= 11 is 0. The lowest BCUT2D eigenvalue weighted by Crippen LogP contribution is -2.40. The molecule has 1 aromatic heterocycles. The molecule has 0 aliphatic carbocycles. The minimum absolute atomic E-state index is 0.0264. The Morgan fingerprint density at radius 3 is 2.30 bits per heavy atom. The van der Waals surface area contributed by atoms with E-state index >= 15 is 0 Å². The molecule has 0 aliphatic rings. The van der Waals surface area contributed by atoms with Gasteiger partial charge in [-0.1, -0.05) is 44.2 Å². The molecule has 1 aromatic carbocycles. The third-order valence-electron chi connectivity index (χ3n) is 3.70. The van der Waals surface area contributed by atoms with E-state index < -0.39 is 12.0 Å². The molecular formula is C18H23N3O2. The Labute approximate surface area is 136 Å². The van der Waals surface area contributed by atoms with Gasteiger partial charge in [0.25, 0.3) is 0 Å². The number of carboxylic acid groups (broad SMARTS) is 1. The first-order valence-electron chi connectivity index (χ1n) is 7.86. The highest BCUT2D eigenvalue weighted by Gasteiger charge is 2.20. The highest BCUT2D eigenvalue weighted by molar-refractivity contribution is 5.73. The van der Waals surface area contributed by atoms with Gasteiger partial charge in [-0.3, -0.25) is 10.1 Å². The molecule has 0 saturated heterocycles. The van der Waals surface area contributed by atoms with Crippen LogP contribution in [0.1, 0.15) is 30.8 Å². The zero-order valence-electron chi connectivity index (χ0n) is 13.6. The van der Waals surface area contributed by atoms with Crippen LogP contribution in [0.4, 0.5) is 0 Å². The molecule has 0 amide bonds. The number of hydrogen-bond acceptors (Lipinski definition) is 4. The maximum Gasteiger partial charge on any atom is 0.320 e. The fourth-order valence-corrected chi connectivity index (χ4v) is 2.34. The van der Waals surface area contributed by atoms with Crippen LogP contribution in [0.2, 0.25) is 0 Å². The van der Waals surface area contributed by atoms with E-state index in [1.807, 2.05) is 32.0 Å². The summed E-state index contributed by atoms with van der Waals surface area (Å²) in [4.78, 5) is 19.9. The molecule has 1 heterocycles. The van der Waals surface area contributed by atoms with Gasteiger partial charge < -0.3 is 5.11 Å². The van der Waals surface area contributed by atoms with Crippen molar-refractivity contribution in [1.82, 2.24) is 15.3 Å². The lowest BCUT2D eigenvalue weighted by molar-refractivity contribution is -0.140. The summed E-state index contributed by atoms with van der Waals surface area (Å²) in [5, 5.41) is 12.2. The summed E-state index contributed by atoms with van der Waals surface area (Å²) in [7, 11) is 0. The van der Waals surface area contributed by atoms with E-state index in [1.54, 1.807) is 12.4 Å². The average molecular weight is 313 g/mol. The van der Waals surface area contributed by atoms with Gasteiger partial charge in [0.05, 0.1) is 0 Å². The summed E-state index contributed by atoms with van der Waals surface area (Å²) in [5.74, 6) is -0.00443. The van der Waals surface area contributed by atoms with E-state index in [9.17, 15) is 4.79 Å². The number of nitrogens with zero attached hydrogens (tertiary/aromatic N) is 2. The number of aliphatic carboxylic acids is 1. The first-order chi connectivity index (χ1) is 11.1. The van der Waals surface area contributed by atoms with E-state index in [1.165, 1.54) is 5.56 Å². The van der Waals surface area contributed by atoms with E-state index in [4.69, 9.17) is 5.11 Å². The largest absolute Gasteiger partial charge is 0.480 e. The van der Waals surface area contributed by atoms with Crippen molar-refractivity contribution < 1.29 is 9.90 Å². The van der Waals surface area contributed by atoms with Gasteiger partial charge in [0.2, 0.25) is 0 Å². The fourth-order valence-electron chi connectivity index (χ4n) is 2.34. The maximum absolute atomic E-state index is 11.1. The molecule has 1 unspecified atom stereocenters. The highest BCUT2D eigenvalue weighted by atomic mass is 16.4. The van der Waals surface area contributed by atoms with E-state index in [2.05, 4.69) is 27.4 Å². The van der Waals surface area contributed by atoms with Crippen molar-refractivity contribution >= 4 is 5.97 Å². The van der Waals surface area contributed by atoms with Crippen LogP contribution in [0.5, 0.6) is 0 Å². The van der Waals surface area contributed by atoms with Crippen LogP contribution in [0, 0.1) is 5.92 Å². The van der Waals surface area contributed by atoms with Crippen molar-refractivity contribution in [2.45, 2.75) is 39.3 Å². The second-order valence-electron chi connectivity index (χ2n) is 5.93. The molecule has 2 N–H and O–H groups in total. The lowest BCUT2D eigenvalue weighted by atomic mass is 10.0. The monoisotopic (exact) mass is 313 g/mol. The molecule has 0 fully saturated rings. The van der Waals surface area contributed by atoms with E-state index in [0.29, 0.717) is 6.54 Å². The van der Waals surface area contributed by atoms with Gasteiger partial charge in [-0.05, 0) is 17.9 Å². The first-order valence-corrected chi connectivity index (χ1v) is 7.86. The van der Waals surface area contributed by atoms with E-state index in [-0.39, 0.29) is 5.92 Å². The normalized spacial score (nSPS) is 12.3. The average Bonchev–Trinajstić information content (AvgIpc) is 2.54. The van der Waals surface area contributed by atoms with Gasteiger partial charge in [-0.25, -0.2) is 9.97 Å². The number of nitrogens with one attached hydrogen (secondary N) is 1. The lowest BCUT2D eigenvalue weighted by Gasteiger charge is -2.17.